The molecule has 0 radical (unpaired) electrons. The van der Waals surface area contributed by atoms with Crippen LogP contribution in [0.25, 0.3) is 0 Å². The van der Waals surface area contributed by atoms with Gasteiger partial charge in [0, 0.05) is 36.9 Å². The van der Waals surface area contributed by atoms with E-state index in [0.717, 1.165) is 26.2 Å². The van der Waals surface area contributed by atoms with E-state index in [2.05, 4.69) is 33.0 Å². The zero-order valence-electron chi connectivity index (χ0n) is 15.2. The number of anilines is 2. The molecule has 0 aliphatic carbocycles. The van der Waals surface area contributed by atoms with Crippen molar-refractivity contribution in [3.8, 4) is 11.8 Å². The van der Waals surface area contributed by atoms with Crippen LogP contribution >= 0.6 is 11.6 Å². The standard InChI is InChI=1S/C21H19ClN4O2/c22-16-5-4-8-18(13-16)27-15-20-24-19(14-23)21(28-20)26-11-9-25(10-12-26)17-6-2-1-3-7-17/h1-8,13H,9-12,15H2. The Morgan fingerprint density at radius 2 is 1.79 bits per heavy atom. The Labute approximate surface area is 168 Å². The molecule has 1 saturated heterocycles. The molecule has 28 heavy (non-hydrogen) atoms. The zero-order chi connectivity index (χ0) is 19.3. The van der Waals surface area contributed by atoms with Crippen molar-refractivity contribution in [3.63, 3.8) is 0 Å². The summed E-state index contributed by atoms with van der Waals surface area (Å²) in [5, 5.41) is 10.0. The van der Waals surface area contributed by atoms with Gasteiger partial charge in [0.2, 0.25) is 17.5 Å². The number of hydrogen-bond donors (Lipinski definition) is 0. The highest BCUT2D eigenvalue weighted by atomic mass is 35.5. The average molecular weight is 395 g/mol. The second-order valence-corrected chi connectivity index (χ2v) is 6.87. The van der Waals surface area contributed by atoms with Gasteiger partial charge in [0.25, 0.3) is 0 Å². The fourth-order valence-electron chi connectivity index (χ4n) is 3.21. The van der Waals surface area contributed by atoms with E-state index in [0.29, 0.717) is 22.5 Å². The van der Waals surface area contributed by atoms with E-state index in [4.69, 9.17) is 20.8 Å². The number of nitrogens with zero attached hydrogens (tertiary/aromatic N) is 4. The normalized spacial score (nSPS) is 14.0. The van der Waals surface area contributed by atoms with E-state index < -0.39 is 0 Å². The fraction of sp³-hybridized carbons (Fsp3) is 0.238. The second-order valence-electron chi connectivity index (χ2n) is 6.43. The molecule has 1 aliphatic rings. The summed E-state index contributed by atoms with van der Waals surface area (Å²) >= 11 is 5.96. The summed E-state index contributed by atoms with van der Waals surface area (Å²) in [6.07, 6.45) is 0. The topological polar surface area (TPSA) is 65.5 Å². The first-order valence-corrected chi connectivity index (χ1v) is 9.44. The number of hydrogen-bond acceptors (Lipinski definition) is 6. The molecule has 6 nitrogen and oxygen atoms in total. The molecule has 2 aromatic carbocycles. The van der Waals surface area contributed by atoms with Crippen LogP contribution < -0.4 is 14.5 Å². The molecule has 0 atom stereocenters. The lowest BCUT2D eigenvalue weighted by atomic mass is 10.2. The predicted molar refractivity (Wildman–Crippen MR) is 108 cm³/mol. The average Bonchev–Trinajstić information content (AvgIpc) is 3.16. The quantitative estimate of drug-likeness (QED) is 0.649. The lowest BCUT2D eigenvalue weighted by Gasteiger charge is -2.35. The van der Waals surface area contributed by atoms with Gasteiger partial charge in [-0.25, -0.2) is 0 Å². The minimum absolute atomic E-state index is 0.138. The number of rotatable bonds is 5. The van der Waals surface area contributed by atoms with Crippen LogP contribution in [0.4, 0.5) is 11.6 Å². The molecule has 0 unspecified atom stereocenters. The van der Waals surface area contributed by atoms with Crippen LogP contribution in [0.15, 0.2) is 59.0 Å². The maximum absolute atomic E-state index is 9.45. The van der Waals surface area contributed by atoms with Crippen molar-refractivity contribution in [2.45, 2.75) is 6.61 Å². The van der Waals surface area contributed by atoms with Crippen molar-refractivity contribution >= 4 is 23.2 Å². The third kappa shape index (κ3) is 4.05. The van der Waals surface area contributed by atoms with Crippen LogP contribution in [0.1, 0.15) is 11.6 Å². The third-order valence-corrected chi connectivity index (χ3v) is 4.84. The van der Waals surface area contributed by atoms with Crippen molar-refractivity contribution < 1.29 is 9.15 Å². The molecular weight excluding hydrogens is 376 g/mol. The highest BCUT2D eigenvalue weighted by Gasteiger charge is 2.24. The van der Waals surface area contributed by atoms with Gasteiger partial charge >= 0.3 is 0 Å². The molecule has 4 rings (SSSR count). The molecule has 0 N–H and O–H groups in total. The van der Waals surface area contributed by atoms with Crippen LogP contribution in [0.2, 0.25) is 5.02 Å². The van der Waals surface area contributed by atoms with Crippen LogP contribution in [0, 0.1) is 11.3 Å². The van der Waals surface area contributed by atoms with E-state index in [1.165, 1.54) is 5.69 Å². The summed E-state index contributed by atoms with van der Waals surface area (Å²) in [6.45, 7) is 3.35. The first kappa shape index (κ1) is 18.2. The smallest absolute Gasteiger partial charge is 0.236 e. The monoisotopic (exact) mass is 394 g/mol. The summed E-state index contributed by atoms with van der Waals surface area (Å²) in [6, 6.07) is 19.6. The summed E-state index contributed by atoms with van der Waals surface area (Å²) in [4.78, 5) is 8.66. The Hall–Kier alpha value is -3.17. The Balaban J connectivity index is 1.42. The summed E-state index contributed by atoms with van der Waals surface area (Å²) in [5.41, 5.74) is 1.49. The van der Waals surface area contributed by atoms with E-state index >= 15 is 0 Å². The SMILES string of the molecule is N#Cc1nc(COc2cccc(Cl)c2)oc1N1CCN(c2ccccc2)CC1. The van der Waals surface area contributed by atoms with Gasteiger partial charge in [-0.05, 0) is 30.3 Å². The number of piperazine rings is 1. The molecule has 7 heteroatoms. The third-order valence-electron chi connectivity index (χ3n) is 4.61. The Kier molecular flexibility index (Phi) is 5.36. The lowest BCUT2D eigenvalue weighted by molar-refractivity contribution is 0.263. The Bertz CT molecular complexity index is 976. The predicted octanol–water partition coefficient (Wildman–Crippen LogP) is 4.11. The molecule has 0 bridgehead atoms. The van der Waals surface area contributed by atoms with E-state index in [1.54, 1.807) is 12.1 Å². The molecular formula is C21H19ClN4O2. The van der Waals surface area contributed by atoms with E-state index in [1.807, 2.05) is 30.3 Å². The fourth-order valence-corrected chi connectivity index (χ4v) is 3.39. The van der Waals surface area contributed by atoms with Gasteiger partial charge < -0.3 is 19.0 Å². The van der Waals surface area contributed by atoms with Gasteiger partial charge in [-0.2, -0.15) is 10.2 Å². The second kappa shape index (κ2) is 8.24. The molecule has 3 aromatic rings. The number of benzene rings is 2. The highest BCUT2D eigenvalue weighted by molar-refractivity contribution is 6.30. The summed E-state index contributed by atoms with van der Waals surface area (Å²) in [5.74, 6) is 1.51. The van der Waals surface area contributed by atoms with Crippen molar-refractivity contribution in [1.29, 1.82) is 5.26 Å². The Morgan fingerprint density at radius 1 is 1.04 bits per heavy atom. The molecule has 1 aliphatic heterocycles. The van der Waals surface area contributed by atoms with Crippen LogP contribution in [0.3, 0.4) is 0 Å². The number of nitriles is 1. The van der Waals surface area contributed by atoms with Gasteiger partial charge in [0.1, 0.15) is 11.8 Å². The van der Waals surface area contributed by atoms with E-state index in [-0.39, 0.29) is 12.3 Å². The number of halogens is 1. The van der Waals surface area contributed by atoms with Crippen LogP contribution in [-0.4, -0.2) is 31.2 Å². The van der Waals surface area contributed by atoms with Crippen LogP contribution in [0.5, 0.6) is 5.75 Å². The lowest BCUT2D eigenvalue weighted by Crippen LogP contribution is -2.46. The highest BCUT2D eigenvalue weighted by Crippen LogP contribution is 2.26. The van der Waals surface area contributed by atoms with Gasteiger partial charge in [-0.15, -0.1) is 0 Å². The molecule has 2 heterocycles. The van der Waals surface area contributed by atoms with E-state index in [9.17, 15) is 5.26 Å². The molecule has 0 saturated carbocycles. The minimum atomic E-state index is 0.138. The van der Waals surface area contributed by atoms with Gasteiger partial charge in [-0.1, -0.05) is 35.9 Å². The largest absolute Gasteiger partial charge is 0.484 e. The molecule has 1 fully saturated rings. The number of aromatic nitrogens is 1. The maximum atomic E-state index is 9.45. The first-order chi connectivity index (χ1) is 13.7. The Morgan fingerprint density at radius 3 is 2.50 bits per heavy atom. The first-order valence-electron chi connectivity index (χ1n) is 9.06. The van der Waals surface area contributed by atoms with Crippen molar-refractivity contribution in [2.24, 2.45) is 0 Å². The van der Waals surface area contributed by atoms with Gasteiger partial charge in [0.05, 0.1) is 0 Å². The van der Waals surface area contributed by atoms with Crippen molar-refractivity contribution in [2.75, 3.05) is 36.0 Å². The summed E-state index contributed by atoms with van der Waals surface area (Å²) < 4.78 is 11.5. The molecule has 0 spiro atoms. The van der Waals surface area contributed by atoms with Gasteiger partial charge in [-0.3, -0.25) is 0 Å². The number of para-hydroxylation sites is 1. The number of ether oxygens (including phenoxy) is 1. The summed E-state index contributed by atoms with van der Waals surface area (Å²) in [7, 11) is 0. The van der Waals surface area contributed by atoms with Crippen LogP contribution in [-0.2, 0) is 6.61 Å². The van der Waals surface area contributed by atoms with Gasteiger partial charge in [0.15, 0.2) is 6.61 Å². The zero-order valence-corrected chi connectivity index (χ0v) is 16.0. The maximum Gasteiger partial charge on any atom is 0.236 e. The van der Waals surface area contributed by atoms with Crippen molar-refractivity contribution in [1.82, 2.24) is 4.98 Å². The number of oxazole rings is 1. The molecule has 142 valence electrons. The molecule has 1 aromatic heterocycles. The minimum Gasteiger partial charge on any atom is -0.484 e. The molecule has 0 amide bonds. The van der Waals surface area contributed by atoms with Crippen molar-refractivity contribution in [3.05, 3.63) is 71.2 Å².